The maximum absolute atomic E-state index is 5.56. The van der Waals surface area contributed by atoms with Crippen molar-refractivity contribution < 1.29 is 0 Å². The second kappa shape index (κ2) is 4.04. The third-order valence-electron chi connectivity index (χ3n) is 1.88. The van der Waals surface area contributed by atoms with Crippen LogP contribution in [0.3, 0.4) is 0 Å². The number of benzene rings is 1. The van der Waals surface area contributed by atoms with Crippen molar-refractivity contribution in [2.75, 3.05) is 0 Å². The highest BCUT2D eigenvalue weighted by Gasteiger charge is 1.97. The fourth-order valence-corrected chi connectivity index (χ4v) is 1.16. The van der Waals surface area contributed by atoms with Crippen LogP contribution in [-0.4, -0.2) is 0 Å². The largest absolute Gasteiger partial charge is 0.326 e. The van der Waals surface area contributed by atoms with Crippen LogP contribution in [0, 0.1) is 0 Å². The lowest BCUT2D eigenvalue weighted by atomic mass is 10.0. The van der Waals surface area contributed by atoms with E-state index in [1.807, 2.05) is 24.3 Å². The second-order valence-corrected chi connectivity index (χ2v) is 2.65. The zero-order chi connectivity index (χ0) is 8.97. The van der Waals surface area contributed by atoms with Gasteiger partial charge in [0.1, 0.15) is 0 Å². The van der Waals surface area contributed by atoms with Crippen molar-refractivity contribution in [3.63, 3.8) is 0 Å². The SMILES string of the molecule is C=Cc1ccc(CN)cc1CN. The average Bonchev–Trinajstić information content (AvgIpc) is 2.16. The molecular formula is C10H14N2. The first-order valence-electron chi connectivity index (χ1n) is 3.96. The molecule has 0 aliphatic heterocycles. The van der Waals surface area contributed by atoms with Gasteiger partial charge in [-0.25, -0.2) is 0 Å². The van der Waals surface area contributed by atoms with Gasteiger partial charge in [0.05, 0.1) is 0 Å². The molecule has 0 heterocycles. The molecule has 0 radical (unpaired) electrons. The van der Waals surface area contributed by atoms with Gasteiger partial charge < -0.3 is 11.5 Å². The summed E-state index contributed by atoms with van der Waals surface area (Å²) in [6.45, 7) is 4.81. The van der Waals surface area contributed by atoms with Crippen molar-refractivity contribution in [2.45, 2.75) is 13.1 Å². The van der Waals surface area contributed by atoms with E-state index >= 15 is 0 Å². The summed E-state index contributed by atoms with van der Waals surface area (Å²) in [6.07, 6.45) is 1.81. The molecular weight excluding hydrogens is 148 g/mol. The van der Waals surface area contributed by atoms with Gasteiger partial charge in [-0.05, 0) is 16.7 Å². The first kappa shape index (κ1) is 8.97. The van der Waals surface area contributed by atoms with Gasteiger partial charge in [0, 0.05) is 13.1 Å². The predicted octanol–water partition coefficient (Wildman–Crippen LogP) is 1.25. The Balaban J connectivity index is 3.10. The Bertz CT molecular complexity index is 279. The second-order valence-electron chi connectivity index (χ2n) is 2.65. The lowest BCUT2D eigenvalue weighted by Crippen LogP contribution is -2.02. The third-order valence-corrected chi connectivity index (χ3v) is 1.88. The lowest BCUT2D eigenvalue weighted by molar-refractivity contribution is 1.02. The maximum Gasteiger partial charge on any atom is 0.0184 e. The van der Waals surface area contributed by atoms with Gasteiger partial charge >= 0.3 is 0 Å². The molecule has 0 aliphatic rings. The zero-order valence-corrected chi connectivity index (χ0v) is 7.09. The molecule has 4 N–H and O–H groups in total. The van der Waals surface area contributed by atoms with E-state index in [0.717, 1.165) is 16.7 Å². The van der Waals surface area contributed by atoms with E-state index in [4.69, 9.17) is 11.5 Å². The number of rotatable bonds is 3. The Hall–Kier alpha value is -1.12. The van der Waals surface area contributed by atoms with Gasteiger partial charge in [0.2, 0.25) is 0 Å². The number of hydrogen-bond donors (Lipinski definition) is 2. The van der Waals surface area contributed by atoms with E-state index in [9.17, 15) is 0 Å². The fourth-order valence-electron chi connectivity index (χ4n) is 1.16. The minimum atomic E-state index is 0.537. The molecule has 0 atom stereocenters. The van der Waals surface area contributed by atoms with Crippen LogP contribution in [0.2, 0.25) is 0 Å². The Labute approximate surface area is 72.9 Å². The molecule has 0 fully saturated rings. The molecule has 2 nitrogen and oxygen atoms in total. The Morgan fingerprint density at radius 2 is 2.00 bits per heavy atom. The van der Waals surface area contributed by atoms with Gasteiger partial charge in [-0.15, -0.1) is 0 Å². The number of nitrogens with two attached hydrogens (primary N) is 2. The molecule has 1 aromatic carbocycles. The first-order chi connectivity index (χ1) is 5.81. The predicted molar refractivity (Wildman–Crippen MR) is 52.3 cm³/mol. The normalized spacial score (nSPS) is 9.83. The first-order valence-corrected chi connectivity index (χ1v) is 3.96. The Morgan fingerprint density at radius 1 is 1.25 bits per heavy atom. The summed E-state index contributed by atoms with van der Waals surface area (Å²) in [5, 5.41) is 0. The minimum absolute atomic E-state index is 0.537. The highest BCUT2D eigenvalue weighted by molar-refractivity contribution is 5.52. The third kappa shape index (κ3) is 1.72. The quantitative estimate of drug-likeness (QED) is 0.702. The van der Waals surface area contributed by atoms with Gasteiger partial charge in [-0.2, -0.15) is 0 Å². The lowest BCUT2D eigenvalue weighted by Gasteiger charge is -2.05. The number of hydrogen-bond acceptors (Lipinski definition) is 2. The summed E-state index contributed by atoms with van der Waals surface area (Å²) < 4.78 is 0. The molecule has 0 bridgehead atoms. The van der Waals surface area contributed by atoms with E-state index in [1.54, 1.807) is 0 Å². The van der Waals surface area contributed by atoms with Crippen molar-refractivity contribution in [3.8, 4) is 0 Å². The molecule has 12 heavy (non-hydrogen) atoms. The van der Waals surface area contributed by atoms with E-state index in [-0.39, 0.29) is 0 Å². The van der Waals surface area contributed by atoms with Gasteiger partial charge in [0.15, 0.2) is 0 Å². The van der Waals surface area contributed by atoms with E-state index < -0.39 is 0 Å². The summed E-state index contributed by atoms with van der Waals surface area (Å²) >= 11 is 0. The topological polar surface area (TPSA) is 52.0 Å². The molecule has 0 amide bonds. The summed E-state index contributed by atoms with van der Waals surface area (Å²) in [5.74, 6) is 0. The molecule has 1 rings (SSSR count). The van der Waals surface area contributed by atoms with E-state index in [2.05, 4.69) is 6.58 Å². The van der Waals surface area contributed by atoms with Crippen LogP contribution in [0.1, 0.15) is 16.7 Å². The molecule has 0 aliphatic carbocycles. The average molecular weight is 162 g/mol. The molecule has 1 aromatic rings. The van der Waals surface area contributed by atoms with Crippen LogP contribution in [0.4, 0.5) is 0 Å². The molecule has 0 unspecified atom stereocenters. The summed E-state index contributed by atoms with van der Waals surface area (Å²) in [7, 11) is 0. The van der Waals surface area contributed by atoms with E-state index in [1.165, 1.54) is 0 Å². The molecule has 0 aromatic heterocycles. The highest BCUT2D eigenvalue weighted by Crippen LogP contribution is 2.12. The zero-order valence-electron chi connectivity index (χ0n) is 7.09. The van der Waals surface area contributed by atoms with Gasteiger partial charge in [0.25, 0.3) is 0 Å². The van der Waals surface area contributed by atoms with Crippen LogP contribution in [-0.2, 0) is 13.1 Å². The van der Waals surface area contributed by atoms with Crippen molar-refractivity contribution >= 4 is 6.08 Å². The monoisotopic (exact) mass is 162 g/mol. The highest BCUT2D eigenvalue weighted by atomic mass is 14.5. The summed E-state index contributed by atoms with van der Waals surface area (Å²) in [5.41, 5.74) is 14.4. The van der Waals surface area contributed by atoms with Crippen LogP contribution >= 0.6 is 0 Å². The maximum atomic E-state index is 5.56. The molecule has 2 heteroatoms. The van der Waals surface area contributed by atoms with Crippen LogP contribution in [0.25, 0.3) is 6.08 Å². The summed E-state index contributed by atoms with van der Waals surface area (Å²) in [6, 6.07) is 6.02. The molecule has 0 spiro atoms. The standard InChI is InChI=1S/C10H14N2/c1-2-9-4-3-8(6-11)5-10(9)7-12/h2-5H,1,6-7,11-12H2. The van der Waals surface area contributed by atoms with E-state index in [0.29, 0.717) is 13.1 Å². The van der Waals surface area contributed by atoms with Crippen molar-refractivity contribution in [2.24, 2.45) is 11.5 Å². The molecule has 64 valence electrons. The molecule has 0 saturated heterocycles. The van der Waals surface area contributed by atoms with Crippen LogP contribution in [0.15, 0.2) is 24.8 Å². The van der Waals surface area contributed by atoms with Gasteiger partial charge in [-0.1, -0.05) is 30.9 Å². The Kier molecular flexibility index (Phi) is 3.02. The molecule has 0 saturated carbocycles. The fraction of sp³-hybridized carbons (Fsp3) is 0.200. The summed E-state index contributed by atoms with van der Waals surface area (Å²) in [4.78, 5) is 0. The van der Waals surface area contributed by atoms with Crippen molar-refractivity contribution in [3.05, 3.63) is 41.5 Å². The Morgan fingerprint density at radius 3 is 2.50 bits per heavy atom. The van der Waals surface area contributed by atoms with Gasteiger partial charge in [-0.3, -0.25) is 0 Å². The smallest absolute Gasteiger partial charge is 0.0184 e. The van der Waals surface area contributed by atoms with Crippen molar-refractivity contribution in [1.82, 2.24) is 0 Å². The van der Waals surface area contributed by atoms with Crippen LogP contribution in [0.5, 0.6) is 0 Å². The minimum Gasteiger partial charge on any atom is -0.326 e. The van der Waals surface area contributed by atoms with Crippen LogP contribution < -0.4 is 11.5 Å². The van der Waals surface area contributed by atoms with Crippen molar-refractivity contribution in [1.29, 1.82) is 0 Å².